The Morgan fingerprint density at radius 3 is 2.78 bits per heavy atom. The van der Waals surface area contributed by atoms with E-state index in [2.05, 4.69) is 15.3 Å². The number of hydrogen-bond acceptors (Lipinski definition) is 4. The minimum atomic E-state index is -0.287. The number of carbonyl (C=O) groups is 2. The van der Waals surface area contributed by atoms with Gasteiger partial charge in [0.25, 0.3) is 5.91 Å². The van der Waals surface area contributed by atoms with Gasteiger partial charge >= 0.3 is 0 Å². The molecule has 1 amide bonds. The van der Waals surface area contributed by atoms with Crippen molar-refractivity contribution in [2.24, 2.45) is 5.73 Å². The number of pyridine rings is 1. The third-order valence-corrected chi connectivity index (χ3v) is 6.90. The lowest BCUT2D eigenvalue weighted by Crippen LogP contribution is -2.55. The van der Waals surface area contributed by atoms with E-state index >= 15 is 0 Å². The second-order valence-corrected chi connectivity index (χ2v) is 8.95. The summed E-state index contributed by atoms with van der Waals surface area (Å²) in [7, 11) is 2.03. The fraction of sp³-hybridized carbons (Fsp3) is 0.320. The summed E-state index contributed by atoms with van der Waals surface area (Å²) in [6.07, 6.45) is 5.74. The molecule has 1 unspecified atom stereocenters. The summed E-state index contributed by atoms with van der Waals surface area (Å²) in [5.74, 6) is 0.687. The number of primary amides is 1. The zero-order valence-corrected chi connectivity index (χ0v) is 18.2. The Labute approximate surface area is 187 Å². The van der Waals surface area contributed by atoms with Crippen molar-refractivity contribution in [2.75, 3.05) is 18.9 Å². The van der Waals surface area contributed by atoms with Gasteiger partial charge in [0, 0.05) is 48.5 Å². The number of benzene rings is 1. The van der Waals surface area contributed by atoms with Crippen LogP contribution in [0.1, 0.15) is 41.7 Å². The molecule has 5 rings (SSSR count). The first-order valence-corrected chi connectivity index (χ1v) is 11.2. The number of quaternary nitrogens is 1. The maximum Gasteiger partial charge on any atom is 0.276 e. The Hall–Kier alpha value is -3.45. The van der Waals surface area contributed by atoms with Crippen LogP contribution in [0.15, 0.2) is 48.7 Å². The van der Waals surface area contributed by atoms with Gasteiger partial charge in [0.05, 0.1) is 30.5 Å². The number of hydrogen-bond donors (Lipinski definition) is 3. The number of nitrogens with one attached hydrogen (secondary N) is 2. The molecule has 7 nitrogen and oxygen atoms in total. The Morgan fingerprint density at radius 1 is 1.19 bits per heavy atom. The second kappa shape index (κ2) is 7.91. The average molecular weight is 431 g/mol. The highest BCUT2D eigenvalue weighted by atomic mass is 16.1. The van der Waals surface area contributed by atoms with Crippen molar-refractivity contribution in [1.82, 2.24) is 14.5 Å². The largest absolute Gasteiger partial charge is 0.364 e. The van der Waals surface area contributed by atoms with E-state index < -0.39 is 0 Å². The Morgan fingerprint density at radius 2 is 2.00 bits per heavy atom. The number of likely N-dealkylation sites (tertiary alicyclic amines) is 1. The van der Waals surface area contributed by atoms with Crippen LogP contribution >= 0.6 is 0 Å². The van der Waals surface area contributed by atoms with Gasteiger partial charge in [-0.25, -0.2) is 4.98 Å². The summed E-state index contributed by atoms with van der Waals surface area (Å²) in [6, 6.07) is 13.6. The number of nitrogens with zero attached hydrogens (tertiary/aromatic N) is 2. The van der Waals surface area contributed by atoms with Crippen molar-refractivity contribution in [3.8, 4) is 11.3 Å². The van der Waals surface area contributed by atoms with E-state index in [0.717, 1.165) is 71.9 Å². The molecule has 2 atom stereocenters. The molecular weight excluding hydrogens is 402 g/mol. The average Bonchev–Trinajstić information content (AvgIpc) is 3.37. The number of H-pyrrole nitrogens is 1. The van der Waals surface area contributed by atoms with Crippen LogP contribution in [0.2, 0.25) is 0 Å². The molecule has 1 aromatic carbocycles. The molecule has 1 aliphatic carbocycles. The first kappa shape index (κ1) is 20.5. The zero-order valence-electron chi connectivity index (χ0n) is 18.2. The van der Waals surface area contributed by atoms with Gasteiger partial charge in [0.15, 0.2) is 11.8 Å². The summed E-state index contributed by atoms with van der Waals surface area (Å²) in [5, 5.41) is 3.48. The minimum Gasteiger partial charge on any atom is -0.364 e. The van der Waals surface area contributed by atoms with E-state index in [1.54, 1.807) is 6.20 Å². The molecule has 3 aromatic rings. The van der Waals surface area contributed by atoms with E-state index in [4.69, 9.17) is 5.73 Å². The van der Waals surface area contributed by atoms with Crippen LogP contribution in [0.4, 0.5) is 17.2 Å². The summed E-state index contributed by atoms with van der Waals surface area (Å²) in [5.41, 5.74) is 11.0. The van der Waals surface area contributed by atoms with Gasteiger partial charge in [0.2, 0.25) is 5.82 Å². The number of anilines is 2. The zero-order chi connectivity index (χ0) is 22.3. The normalized spacial score (nSPS) is 22.5. The molecule has 0 spiro atoms. The van der Waals surface area contributed by atoms with Crippen LogP contribution in [0.25, 0.3) is 11.3 Å². The second-order valence-electron chi connectivity index (χ2n) is 8.95. The van der Waals surface area contributed by atoms with E-state index in [9.17, 15) is 9.59 Å². The first-order valence-electron chi connectivity index (χ1n) is 11.2. The van der Waals surface area contributed by atoms with Gasteiger partial charge in [0.1, 0.15) is 0 Å². The van der Waals surface area contributed by atoms with Crippen molar-refractivity contribution in [2.45, 2.75) is 38.1 Å². The number of nitrogens with two attached hydrogens (primary N) is 1. The molecule has 1 fully saturated rings. The number of rotatable bonds is 5. The van der Waals surface area contributed by atoms with Gasteiger partial charge in [-0.1, -0.05) is 18.2 Å². The lowest BCUT2D eigenvalue weighted by Gasteiger charge is -2.32. The number of fused-ring (bicyclic) bond motifs is 1. The van der Waals surface area contributed by atoms with Crippen LogP contribution in [-0.4, -0.2) is 41.3 Å². The van der Waals surface area contributed by atoms with Crippen molar-refractivity contribution in [1.29, 1.82) is 0 Å². The Kier molecular flexibility index (Phi) is 5.06. The molecule has 2 aromatic heterocycles. The van der Waals surface area contributed by atoms with E-state index in [0.29, 0.717) is 10.9 Å². The number of likely N-dealkylation sites (N-methyl/N-ethyl adjacent to an activating group) is 1. The minimum absolute atomic E-state index is 0.161. The van der Waals surface area contributed by atoms with E-state index in [-0.39, 0.29) is 17.7 Å². The smallest absolute Gasteiger partial charge is 0.276 e. The number of aryl methyl sites for hydroxylation is 1. The van der Waals surface area contributed by atoms with E-state index in [1.807, 2.05) is 49.5 Å². The third-order valence-electron chi connectivity index (χ3n) is 6.90. The number of carbonyl (C=O) groups excluding carboxylic acids is 2. The number of ketones is 1. The van der Waals surface area contributed by atoms with Gasteiger partial charge < -0.3 is 16.0 Å². The predicted octanol–water partition coefficient (Wildman–Crippen LogP) is 3.92. The summed E-state index contributed by atoms with van der Waals surface area (Å²) in [6.45, 7) is 0.818. The van der Waals surface area contributed by atoms with Gasteiger partial charge in [-0.05, 0) is 31.0 Å². The third kappa shape index (κ3) is 3.39. The molecule has 3 heterocycles. The highest BCUT2D eigenvalue weighted by Gasteiger charge is 2.44. The van der Waals surface area contributed by atoms with Crippen LogP contribution in [-0.2, 0) is 11.2 Å². The topological polar surface area (TPSA) is 101 Å². The molecule has 2 aliphatic rings. The fourth-order valence-corrected chi connectivity index (χ4v) is 5.21. The SMILES string of the molecule is C[N+]1(c2cc(-c3[nH]c4c(c3Nc3ccccc3)C(=O)CCC4)ccn2)CCC[C@H]1C(N)=O. The molecule has 1 saturated heterocycles. The van der Waals surface area contributed by atoms with Gasteiger partial charge in [-0.15, -0.1) is 0 Å². The van der Waals surface area contributed by atoms with Crippen LogP contribution in [0.5, 0.6) is 0 Å². The Balaban J connectivity index is 1.62. The molecule has 1 aliphatic heterocycles. The monoisotopic (exact) mass is 430 g/mol. The van der Waals surface area contributed by atoms with E-state index in [1.165, 1.54) is 0 Å². The van der Waals surface area contributed by atoms with Crippen LogP contribution < -0.4 is 15.5 Å². The molecule has 164 valence electrons. The quantitative estimate of drug-likeness (QED) is 0.534. The first-order chi connectivity index (χ1) is 15.5. The molecular formula is C25H28N5O2+. The number of aromatic amines is 1. The van der Waals surface area contributed by atoms with Gasteiger partial charge in [-0.3, -0.25) is 14.1 Å². The number of Topliss-reactive ketones (excluding diaryl/α,β-unsaturated/α-hetero) is 1. The highest BCUT2D eigenvalue weighted by molar-refractivity contribution is 6.07. The molecule has 32 heavy (non-hydrogen) atoms. The molecule has 4 N–H and O–H groups in total. The van der Waals surface area contributed by atoms with Crippen LogP contribution in [0.3, 0.4) is 0 Å². The lowest BCUT2D eigenvalue weighted by molar-refractivity contribution is -0.121. The lowest BCUT2D eigenvalue weighted by atomic mass is 9.95. The van der Waals surface area contributed by atoms with Gasteiger partial charge in [-0.2, -0.15) is 0 Å². The van der Waals surface area contributed by atoms with Crippen molar-refractivity contribution < 1.29 is 9.59 Å². The maximum absolute atomic E-state index is 12.9. The summed E-state index contributed by atoms with van der Waals surface area (Å²) in [4.78, 5) is 33.1. The number of amides is 1. The fourth-order valence-electron chi connectivity index (χ4n) is 5.21. The van der Waals surface area contributed by atoms with Crippen molar-refractivity contribution in [3.05, 3.63) is 59.9 Å². The molecule has 0 radical (unpaired) electrons. The number of aromatic nitrogens is 2. The van der Waals surface area contributed by atoms with Crippen molar-refractivity contribution in [3.63, 3.8) is 0 Å². The summed E-state index contributed by atoms with van der Waals surface area (Å²) >= 11 is 0. The van der Waals surface area contributed by atoms with Crippen molar-refractivity contribution >= 4 is 28.9 Å². The maximum atomic E-state index is 12.9. The predicted molar refractivity (Wildman–Crippen MR) is 126 cm³/mol. The molecule has 7 heteroatoms. The van der Waals surface area contributed by atoms with Crippen LogP contribution in [0, 0.1) is 0 Å². The summed E-state index contributed by atoms with van der Waals surface area (Å²) < 4.78 is 0.407. The standard InChI is InChI=1S/C25H27N5O2/c1-30(14-6-10-19(30)25(26)32)21-15-16(12-13-27-21)23-24(28-17-7-3-2-4-8-17)22-18(29-23)9-5-11-20(22)31/h2-4,7-8,12-13,15,19H,5-6,9-11,14H2,1H3,(H3-,26,27,28,29,31,32)/p+1/t19-,30?/m0/s1. The molecule has 0 saturated carbocycles. The Bertz CT molecular complexity index is 1190. The molecule has 0 bridgehead atoms. The highest BCUT2D eigenvalue weighted by Crippen LogP contribution is 2.40. The number of para-hydroxylation sites is 1.